The summed E-state index contributed by atoms with van der Waals surface area (Å²) in [5.41, 5.74) is -5.65. The molecule has 0 aliphatic heterocycles. The van der Waals surface area contributed by atoms with E-state index in [-0.39, 0.29) is 6.42 Å². The minimum atomic E-state index is -2.98. The van der Waals surface area contributed by atoms with Gasteiger partial charge in [0.2, 0.25) is 0 Å². The lowest BCUT2D eigenvalue weighted by Crippen LogP contribution is -2.49. The molecule has 1 atom stereocenters. The highest BCUT2D eigenvalue weighted by atomic mass is 32.1. The Morgan fingerprint density at radius 2 is 1.64 bits per heavy atom. The van der Waals surface area contributed by atoms with Gasteiger partial charge in [0.25, 0.3) is 0 Å². The molecule has 6 radical (unpaired) electrons. The molecule has 0 aromatic carbocycles. The first-order valence-corrected chi connectivity index (χ1v) is 3.80. The highest BCUT2D eigenvalue weighted by molar-refractivity contribution is 7.80. The zero-order valence-electron chi connectivity index (χ0n) is 6.06. The van der Waals surface area contributed by atoms with Gasteiger partial charge in [0, 0.05) is 0 Å². The van der Waals surface area contributed by atoms with Crippen molar-refractivity contribution < 1.29 is 8.78 Å². The molecule has 56 valence electrons. The van der Waals surface area contributed by atoms with Crippen LogP contribution < -0.4 is 0 Å². The smallest absolute Gasteiger partial charge is 0.123 e. The number of alkyl halides is 2. The predicted molar refractivity (Wildman–Crippen MR) is 48.0 cm³/mol. The molecule has 0 amide bonds. The van der Waals surface area contributed by atoms with E-state index in [4.69, 9.17) is 7.85 Å². The van der Waals surface area contributed by atoms with Gasteiger partial charge in [-0.2, -0.15) is 12.6 Å². The number of hydrogen-bond donors (Lipinski definition) is 1. The van der Waals surface area contributed by atoms with Crippen molar-refractivity contribution in [1.82, 2.24) is 0 Å². The van der Waals surface area contributed by atoms with Crippen molar-refractivity contribution in [1.29, 1.82) is 0 Å². The van der Waals surface area contributed by atoms with E-state index >= 15 is 0 Å². The first kappa shape index (κ1) is 11.4. The lowest BCUT2D eigenvalue weighted by Gasteiger charge is -2.32. The Morgan fingerprint density at radius 1 is 1.18 bits per heavy atom. The van der Waals surface area contributed by atoms with Crippen LogP contribution in [0.4, 0.5) is 8.78 Å². The quantitative estimate of drug-likeness (QED) is 0.460. The summed E-state index contributed by atoms with van der Waals surface area (Å²) in [6.45, 7) is 0. The van der Waals surface area contributed by atoms with Crippen LogP contribution in [0.3, 0.4) is 0 Å². The maximum atomic E-state index is 12.9. The van der Waals surface area contributed by atoms with E-state index in [2.05, 4.69) is 28.3 Å². The van der Waals surface area contributed by atoms with Crippen molar-refractivity contribution in [3.63, 3.8) is 0 Å². The normalized spacial score (nSPS) is 17.7. The molecule has 0 fully saturated rings. The summed E-state index contributed by atoms with van der Waals surface area (Å²) in [6, 6.07) is 0. The van der Waals surface area contributed by atoms with Crippen LogP contribution in [0.25, 0.3) is 0 Å². The Morgan fingerprint density at radius 3 is 1.91 bits per heavy atom. The van der Waals surface area contributed by atoms with Gasteiger partial charge in [0.05, 0.1) is 11.0 Å². The highest BCUT2D eigenvalue weighted by Crippen LogP contribution is 2.26. The molecule has 0 aromatic rings. The molecular weight excluding hydrogens is 163 g/mol. The fraction of sp³-hybridized carbons (Fsp3) is 1.00. The van der Waals surface area contributed by atoms with Gasteiger partial charge in [0.15, 0.2) is 0 Å². The molecule has 0 aliphatic rings. The van der Waals surface area contributed by atoms with Crippen molar-refractivity contribution >= 4 is 36.2 Å². The second-order valence-corrected chi connectivity index (χ2v) is 2.90. The minimum absolute atomic E-state index is 0.236. The van der Waals surface area contributed by atoms with E-state index in [1.54, 1.807) is 0 Å². The molecular formula is C5H7B3F2S. The van der Waals surface area contributed by atoms with Crippen LogP contribution in [0.1, 0.15) is 12.8 Å². The minimum Gasteiger partial charge on any atom is -0.263 e. The van der Waals surface area contributed by atoms with Crippen molar-refractivity contribution in [2.24, 2.45) is 0 Å². The predicted octanol–water partition coefficient (Wildman–Crippen LogP) is 0.491. The monoisotopic (exact) mass is 170 g/mol. The van der Waals surface area contributed by atoms with Crippen molar-refractivity contribution in [2.75, 3.05) is 5.75 Å². The summed E-state index contributed by atoms with van der Waals surface area (Å²) in [6.07, 6.45) is 0.0934. The van der Waals surface area contributed by atoms with Crippen LogP contribution in [0.5, 0.6) is 0 Å². The zero-order valence-corrected chi connectivity index (χ0v) is 6.95. The fourth-order valence-electron chi connectivity index (χ4n) is 0.528. The van der Waals surface area contributed by atoms with Gasteiger partial charge in [0.1, 0.15) is 23.5 Å². The fourth-order valence-corrected chi connectivity index (χ4v) is 0.686. The molecule has 11 heavy (non-hydrogen) atoms. The van der Waals surface area contributed by atoms with E-state index in [0.717, 1.165) is 0 Å². The molecule has 0 nitrogen and oxygen atoms in total. The first-order chi connectivity index (χ1) is 4.81. The van der Waals surface area contributed by atoms with Gasteiger partial charge in [-0.1, -0.05) is 0 Å². The largest absolute Gasteiger partial charge is 0.263 e. The molecule has 0 saturated carbocycles. The zero-order chi connectivity index (χ0) is 9.12. The third-order valence-corrected chi connectivity index (χ3v) is 1.65. The summed E-state index contributed by atoms with van der Waals surface area (Å²) in [4.78, 5) is 0. The van der Waals surface area contributed by atoms with Crippen LogP contribution in [0, 0.1) is 0 Å². The average Bonchev–Trinajstić information content (AvgIpc) is 1.81. The molecule has 0 N–H and O–H groups in total. The first-order valence-electron chi connectivity index (χ1n) is 3.16. The third-order valence-electron chi connectivity index (χ3n) is 1.34. The summed E-state index contributed by atoms with van der Waals surface area (Å²) in [5, 5.41) is 0. The van der Waals surface area contributed by atoms with Crippen molar-refractivity contribution in [3.05, 3.63) is 0 Å². The molecule has 0 rings (SSSR count). The Kier molecular flexibility index (Phi) is 4.02. The van der Waals surface area contributed by atoms with Gasteiger partial charge in [-0.25, -0.2) is 0 Å². The van der Waals surface area contributed by atoms with E-state index in [0.29, 0.717) is 12.2 Å². The number of hydrogen-bond acceptors (Lipinski definition) is 1. The van der Waals surface area contributed by atoms with Crippen LogP contribution in [-0.4, -0.2) is 40.3 Å². The Bertz CT molecular complexity index is 123. The second-order valence-electron chi connectivity index (χ2n) is 2.46. The maximum Gasteiger partial charge on any atom is 0.123 e. The number of halogens is 2. The van der Waals surface area contributed by atoms with Crippen molar-refractivity contribution in [2.45, 2.75) is 23.9 Å². The summed E-state index contributed by atoms with van der Waals surface area (Å²) < 4.78 is 25.4. The van der Waals surface area contributed by atoms with Crippen molar-refractivity contribution in [3.8, 4) is 0 Å². The lowest BCUT2D eigenvalue weighted by molar-refractivity contribution is 0.143. The Hall–Kier alpha value is 0.405. The average molecular weight is 170 g/mol. The summed E-state index contributed by atoms with van der Waals surface area (Å²) >= 11 is 3.80. The SMILES string of the molecule is [B]C([B])(F)C([B])(F)CCCS. The highest BCUT2D eigenvalue weighted by Gasteiger charge is 2.38. The molecule has 0 spiro atoms. The van der Waals surface area contributed by atoms with E-state index in [1.165, 1.54) is 0 Å². The van der Waals surface area contributed by atoms with Crippen LogP contribution in [0.15, 0.2) is 0 Å². The summed E-state index contributed by atoms with van der Waals surface area (Å²) in [7, 11) is 14.1. The van der Waals surface area contributed by atoms with Crippen LogP contribution >= 0.6 is 12.6 Å². The molecule has 0 bridgehead atoms. The molecule has 6 heteroatoms. The van der Waals surface area contributed by atoms with Crippen LogP contribution in [0.2, 0.25) is 0 Å². The van der Waals surface area contributed by atoms with E-state index < -0.39 is 11.0 Å². The molecule has 1 unspecified atom stereocenters. The van der Waals surface area contributed by atoms with Gasteiger partial charge in [-0.3, -0.25) is 8.78 Å². The van der Waals surface area contributed by atoms with Crippen LogP contribution in [-0.2, 0) is 0 Å². The topological polar surface area (TPSA) is 0 Å². The Balaban J connectivity index is 4.00. The standard InChI is InChI=1S/C5H7B3F2S/c6-4(9,2-1-3-11)5(7,8)10/h11H,1-3H2. The van der Waals surface area contributed by atoms with Gasteiger partial charge in [-0.15, -0.1) is 0 Å². The number of thiol groups is 1. The van der Waals surface area contributed by atoms with Gasteiger partial charge < -0.3 is 0 Å². The Labute approximate surface area is 75.1 Å². The molecule has 0 saturated heterocycles. The summed E-state index contributed by atoms with van der Waals surface area (Å²) in [5.74, 6) is 0.416. The van der Waals surface area contributed by atoms with E-state index in [9.17, 15) is 8.78 Å². The molecule has 0 aliphatic carbocycles. The maximum absolute atomic E-state index is 12.9. The molecule has 0 aromatic heterocycles. The lowest BCUT2D eigenvalue weighted by atomic mass is 9.50. The second kappa shape index (κ2) is 3.88. The van der Waals surface area contributed by atoms with Gasteiger partial charge in [-0.05, 0) is 18.6 Å². The van der Waals surface area contributed by atoms with Gasteiger partial charge >= 0.3 is 0 Å². The number of rotatable bonds is 4. The molecule has 0 heterocycles. The van der Waals surface area contributed by atoms with E-state index in [1.807, 2.05) is 0 Å². The third kappa shape index (κ3) is 3.54.